The Kier molecular flexibility index (Phi) is 5.31. The van der Waals surface area contributed by atoms with Crippen molar-refractivity contribution in [2.24, 2.45) is 0 Å². The van der Waals surface area contributed by atoms with Gasteiger partial charge in [-0.25, -0.2) is 14.0 Å². The topological polar surface area (TPSA) is 26.8 Å². The van der Waals surface area contributed by atoms with Crippen molar-refractivity contribution in [3.05, 3.63) is 48.6 Å². The largest absolute Gasteiger partial charge is 0.287 e. The first-order valence-corrected chi connectivity index (χ1v) is 10.5. The third-order valence-electron chi connectivity index (χ3n) is 5.91. The van der Waals surface area contributed by atoms with Gasteiger partial charge in [-0.1, -0.05) is 49.2 Å². The normalized spacial score (nSPS) is 28.7. The first-order chi connectivity index (χ1) is 11.5. The van der Waals surface area contributed by atoms with Crippen molar-refractivity contribution in [2.45, 2.75) is 50.2 Å². The van der Waals surface area contributed by atoms with Gasteiger partial charge < -0.3 is 0 Å². The van der Waals surface area contributed by atoms with Crippen LogP contribution in [0.3, 0.4) is 0 Å². The van der Waals surface area contributed by atoms with E-state index in [-0.39, 0.29) is 6.04 Å². The van der Waals surface area contributed by atoms with E-state index < -0.39 is 7.59 Å². The van der Waals surface area contributed by atoms with Gasteiger partial charge in [-0.2, -0.15) is 0 Å². The minimum Gasteiger partial charge on any atom is -0.270 e. The second-order valence-electron chi connectivity index (χ2n) is 7.10. The van der Waals surface area contributed by atoms with Gasteiger partial charge in [0.15, 0.2) is 0 Å². The van der Waals surface area contributed by atoms with Gasteiger partial charge in [-0.3, -0.25) is 4.57 Å². The van der Waals surface area contributed by atoms with E-state index in [0.717, 1.165) is 19.3 Å². The Morgan fingerprint density at radius 1 is 1.21 bits per heavy atom. The molecule has 1 unspecified atom stereocenters. The highest BCUT2D eigenvalue weighted by Gasteiger charge is 2.54. The third kappa shape index (κ3) is 2.80. The molecule has 1 aliphatic carbocycles. The number of nitrogens with zero attached hydrogens (tertiary/aromatic N) is 3. The van der Waals surface area contributed by atoms with Crippen LogP contribution in [0, 0.1) is 0 Å². The molecule has 1 heterocycles. The number of hydrogen-bond acceptors (Lipinski definition) is 1. The van der Waals surface area contributed by atoms with E-state index in [1.807, 2.05) is 19.2 Å². The molecule has 3 rings (SSSR count). The SMILES string of the molecule is C=CCC(c1ccccc1)N(C)P1(=O)N(C)[C@@H]2CCCC[C@H]2N1C. The summed E-state index contributed by atoms with van der Waals surface area (Å²) >= 11 is 0. The first kappa shape index (κ1) is 17.9. The maximum Gasteiger partial charge on any atom is 0.287 e. The van der Waals surface area contributed by atoms with Crippen molar-refractivity contribution in [1.82, 2.24) is 14.0 Å². The molecule has 1 saturated heterocycles. The van der Waals surface area contributed by atoms with E-state index in [4.69, 9.17) is 0 Å². The molecule has 0 bridgehead atoms. The predicted octanol–water partition coefficient (Wildman–Crippen LogP) is 4.53. The zero-order valence-corrected chi connectivity index (χ0v) is 16.0. The minimum atomic E-state index is -2.75. The lowest BCUT2D eigenvalue weighted by Gasteiger charge is -2.39. The molecule has 3 atom stereocenters. The summed E-state index contributed by atoms with van der Waals surface area (Å²) in [5.41, 5.74) is 1.20. The Hall–Kier alpha value is -0.930. The maximum absolute atomic E-state index is 14.2. The number of likely N-dealkylation sites (N-methyl/N-ethyl adjacent to an activating group) is 2. The number of rotatable bonds is 5. The molecule has 1 saturated carbocycles. The summed E-state index contributed by atoms with van der Waals surface area (Å²) in [5.74, 6) is 0. The highest BCUT2D eigenvalue weighted by Crippen LogP contribution is 2.65. The fourth-order valence-corrected chi connectivity index (χ4v) is 7.77. The third-order valence-corrected chi connectivity index (χ3v) is 9.25. The van der Waals surface area contributed by atoms with Gasteiger partial charge >= 0.3 is 0 Å². The summed E-state index contributed by atoms with van der Waals surface area (Å²) < 4.78 is 20.6. The quantitative estimate of drug-likeness (QED) is 0.577. The zero-order valence-electron chi connectivity index (χ0n) is 15.1. The van der Waals surface area contributed by atoms with Gasteiger partial charge in [0.25, 0.3) is 7.59 Å². The highest BCUT2D eigenvalue weighted by atomic mass is 31.2. The van der Waals surface area contributed by atoms with Crippen LogP contribution in [0.25, 0.3) is 0 Å². The van der Waals surface area contributed by atoms with E-state index in [1.165, 1.54) is 18.4 Å². The van der Waals surface area contributed by atoms with Crippen molar-refractivity contribution in [3.63, 3.8) is 0 Å². The van der Waals surface area contributed by atoms with Crippen LogP contribution in [0.2, 0.25) is 0 Å². The summed E-state index contributed by atoms with van der Waals surface area (Å²) in [4.78, 5) is 0. The monoisotopic (exact) mass is 347 g/mol. The van der Waals surface area contributed by atoms with E-state index in [2.05, 4.69) is 59.0 Å². The molecule has 0 amide bonds. The van der Waals surface area contributed by atoms with Gasteiger partial charge in [0.05, 0.1) is 0 Å². The summed E-state index contributed by atoms with van der Waals surface area (Å²) in [7, 11) is 3.38. The second kappa shape index (κ2) is 7.13. The lowest BCUT2D eigenvalue weighted by molar-refractivity contribution is 0.233. The van der Waals surface area contributed by atoms with Gasteiger partial charge in [0.1, 0.15) is 0 Å². The van der Waals surface area contributed by atoms with Crippen LogP contribution in [-0.4, -0.2) is 47.2 Å². The van der Waals surface area contributed by atoms with Crippen molar-refractivity contribution in [2.75, 3.05) is 21.1 Å². The summed E-state index contributed by atoms with van der Waals surface area (Å²) in [5, 5.41) is 0. The standard InChI is InChI=1S/C19H30N3OP/c1-5-11-17(16-12-7-6-8-13-16)20(2)24(23)21(3)18-14-9-10-15-19(18)22(24)4/h5-8,12-13,17-19H,1,9-11,14-15H2,2-4H3/t17?,18-,19-/m1/s1. The molecule has 1 aliphatic heterocycles. The molecule has 4 nitrogen and oxygen atoms in total. The van der Waals surface area contributed by atoms with Crippen LogP contribution in [0.5, 0.6) is 0 Å². The van der Waals surface area contributed by atoms with Gasteiger partial charge in [-0.05, 0) is 46.0 Å². The number of hydrogen-bond donors (Lipinski definition) is 0. The van der Waals surface area contributed by atoms with Crippen LogP contribution in [-0.2, 0) is 4.57 Å². The van der Waals surface area contributed by atoms with E-state index in [9.17, 15) is 4.57 Å². The number of benzene rings is 1. The first-order valence-electron chi connectivity index (χ1n) is 8.97. The highest BCUT2D eigenvalue weighted by molar-refractivity contribution is 7.56. The average molecular weight is 347 g/mol. The Bertz CT molecular complexity index is 598. The van der Waals surface area contributed by atoms with Crippen LogP contribution in [0.15, 0.2) is 43.0 Å². The van der Waals surface area contributed by atoms with E-state index in [1.54, 1.807) is 0 Å². The van der Waals surface area contributed by atoms with E-state index in [0.29, 0.717) is 12.1 Å². The zero-order chi connectivity index (χ0) is 17.3. The summed E-state index contributed by atoms with van der Waals surface area (Å²) in [6.07, 6.45) is 7.53. The Labute approximate surface area is 146 Å². The average Bonchev–Trinajstić information content (AvgIpc) is 2.83. The Balaban J connectivity index is 1.95. The number of fused-ring (bicyclic) bond motifs is 1. The van der Waals surface area contributed by atoms with Gasteiger partial charge in [0, 0.05) is 18.1 Å². The molecule has 2 aliphatic rings. The van der Waals surface area contributed by atoms with Crippen LogP contribution in [0.1, 0.15) is 43.7 Å². The predicted molar refractivity (Wildman–Crippen MR) is 101 cm³/mol. The molecule has 0 radical (unpaired) electrons. The summed E-state index contributed by atoms with van der Waals surface area (Å²) in [6.45, 7) is 3.92. The molecule has 5 heteroatoms. The Morgan fingerprint density at radius 2 is 1.75 bits per heavy atom. The van der Waals surface area contributed by atoms with Crippen molar-refractivity contribution in [3.8, 4) is 0 Å². The van der Waals surface area contributed by atoms with Gasteiger partial charge in [-0.15, -0.1) is 6.58 Å². The van der Waals surface area contributed by atoms with Crippen LogP contribution in [0.4, 0.5) is 0 Å². The molecule has 1 aromatic carbocycles. The van der Waals surface area contributed by atoms with Crippen LogP contribution < -0.4 is 0 Å². The fraction of sp³-hybridized carbons (Fsp3) is 0.579. The fourth-order valence-electron chi connectivity index (χ4n) is 4.54. The Morgan fingerprint density at radius 3 is 2.25 bits per heavy atom. The molecule has 24 heavy (non-hydrogen) atoms. The lowest BCUT2D eigenvalue weighted by atomic mass is 9.91. The maximum atomic E-state index is 14.2. The molecule has 0 spiro atoms. The van der Waals surface area contributed by atoms with Crippen LogP contribution >= 0.6 is 7.59 Å². The van der Waals surface area contributed by atoms with E-state index >= 15 is 0 Å². The second-order valence-corrected chi connectivity index (χ2v) is 10.0. The lowest BCUT2D eigenvalue weighted by Crippen LogP contribution is -2.37. The van der Waals surface area contributed by atoms with Crippen molar-refractivity contribution >= 4 is 7.59 Å². The molecule has 0 N–H and O–H groups in total. The molecule has 0 aromatic heterocycles. The smallest absolute Gasteiger partial charge is 0.270 e. The minimum absolute atomic E-state index is 0.0830. The molecular formula is C19H30N3OP. The molecular weight excluding hydrogens is 317 g/mol. The molecule has 132 valence electrons. The van der Waals surface area contributed by atoms with Crippen molar-refractivity contribution < 1.29 is 4.57 Å². The molecule has 2 fully saturated rings. The van der Waals surface area contributed by atoms with Crippen molar-refractivity contribution in [1.29, 1.82) is 0 Å². The summed E-state index contributed by atoms with van der Waals surface area (Å²) in [6, 6.07) is 11.3. The molecule has 1 aromatic rings. The van der Waals surface area contributed by atoms with Gasteiger partial charge in [0.2, 0.25) is 0 Å².